The van der Waals surface area contributed by atoms with E-state index in [1.807, 2.05) is 4.90 Å². The van der Waals surface area contributed by atoms with Crippen LogP contribution in [0.15, 0.2) is 23.1 Å². The first-order valence-corrected chi connectivity index (χ1v) is 11.5. The van der Waals surface area contributed by atoms with Gasteiger partial charge in [-0.15, -0.1) is 0 Å². The molecule has 2 fully saturated rings. The number of benzene rings is 1. The fourth-order valence-corrected chi connectivity index (χ4v) is 5.74. The topological polar surface area (TPSA) is 57.7 Å². The van der Waals surface area contributed by atoms with Crippen molar-refractivity contribution in [2.45, 2.75) is 43.7 Å². The molecule has 0 aliphatic carbocycles. The number of alkyl halides is 3. The maximum atomic E-state index is 13.1. The lowest BCUT2D eigenvalue weighted by atomic mass is 9.93. The summed E-state index contributed by atoms with van der Waals surface area (Å²) < 4.78 is 66.0. The van der Waals surface area contributed by atoms with Gasteiger partial charge in [0.2, 0.25) is 15.9 Å². The van der Waals surface area contributed by atoms with Gasteiger partial charge in [0.1, 0.15) is 0 Å². The van der Waals surface area contributed by atoms with Crippen LogP contribution in [0.3, 0.4) is 0 Å². The summed E-state index contributed by atoms with van der Waals surface area (Å²) in [6.07, 6.45) is -1.95. The van der Waals surface area contributed by atoms with Crippen LogP contribution in [-0.4, -0.2) is 49.7 Å². The average Bonchev–Trinajstić information content (AvgIpc) is 2.67. The molecule has 10 heteroatoms. The van der Waals surface area contributed by atoms with E-state index in [-0.39, 0.29) is 24.9 Å². The number of nitrogens with zero attached hydrogens (tertiary/aromatic N) is 2. The fraction of sp³-hybridized carbons (Fsp3) is 0.632. The molecule has 29 heavy (non-hydrogen) atoms. The molecule has 1 unspecified atom stereocenters. The number of amides is 1. The highest BCUT2D eigenvalue weighted by Gasteiger charge is 2.37. The summed E-state index contributed by atoms with van der Waals surface area (Å²) in [5, 5.41) is -0.545. The van der Waals surface area contributed by atoms with Crippen LogP contribution in [-0.2, 0) is 21.0 Å². The number of sulfonamides is 1. The Hall–Kier alpha value is -1.32. The zero-order valence-electron chi connectivity index (χ0n) is 16.1. The van der Waals surface area contributed by atoms with Crippen LogP contribution in [0.4, 0.5) is 13.2 Å². The lowest BCUT2D eigenvalue weighted by molar-refractivity contribution is -0.139. The minimum atomic E-state index is -4.74. The molecular formula is C19H24ClF3N2O3S. The highest BCUT2D eigenvalue weighted by Crippen LogP contribution is 2.37. The van der Waals surface area contributed by atoms with Crippen LogP contribution in [0.1, 0.15) is 38.2 Å². The SMILES string of the molecule is CC1CCCN(C(=O)C2CCN(S(=O)(=O)c3ccc(Cl)c(C(F)(F)F)c3)CC2)C1. The van der Waals surface area contributed by atoms with Crippen LogP contribution in [0, 0.1) is 11.8 Å². The zero-order valence-corrected chi connectivity index (χ0v) is 17.7. The molecule has 0 aromatic heterocycles. The molecule has 2 heterocycles. The first kappa shape index (κ1) is 22.4. The predicted molar refractivity (Wildman–Crippen MR) is 103 cm³/mol. The van der Waals surface area contributed by atoms with Gasteiger partial charge in [0.25, 0.3) is 0 Å². The van der Waals surface area contributed by atoms with Crippen molar-refractivity contribution in [2.75, 3.05) is 26.2 Å². The second-order valence-corrected chi connectivity index (χ2v) is 10.2. The zero-order chi connectivity index (χ0) is 21.4. The summed E-state index contributed by atoms with van der Waals surface area (Å²) in [5.41, 5.74) is -1.18. The number of carbonyl (C=O) groups is 1. The second kappa shape index (κ2) is 8.43. The standard InChI is InChI=1S/C19H24ClF3N2O3S/c1-13-3-2-8-24(12-13)18(26)14-6-9-25(10-7-14)29(27,28)15-4-5-17(20)16(11-15)19(21,22)23/h4-5,11,13-14H,2-3,6-10,12H2,1H3. The van der Waals surface area contributed by atoms with E-state index in [9.17, 15) is 26.4 Å². The molecule has 0 radical (unpaired) electrons. The molecular weight excluding hydrogens is 429 g/mol. The lowest BCUT2D eigenvalue weighted by Crippen LogP contribution is -2.46. The van der Waals surface area contributed by atoms with Gasteiger partial charge in [0.15, 0.2) is 0 Å². The van der Waals surface area contributed by atoms with Crippen LogP contribution in [0.5, 0.6) is 0 Å². The summed E-state index contributed by atoms with van der Waals surface area (Å²) in [6.45, 7) is 3.77. The largest absolute Gasteiger partial charge is 0.417 e. The maximum absolute atomic E-state index is 13.1. The van der Waals surface area contributed by atoms with Gasteiger partial charge in [0.05, 0.1) is 15.5 Å². The quantitative estimate of drug-likeness (QED) is 0.696. The van der Waals surface area contributed by atoms with Gasteiger partial charge in [-0.1, -0.05) is 18.5 Å². The van der Waals surface area contributed by atoms with Crippen molar-refractivity contribution < 1.29 is 26.4 Å². The Kier molecular flexibility index (Phi) is 6.50. The van der Waals surface area contributed by atoms with Gasteiger partial charge in [-0.2, -0.15) is 17.5 Å². The first-order chi connectivity index (χ1) is 13.5. The van der Waals surface area contributed by atoms with Gasteiger partial charge >= 0.3 is 6.18 Å². The maximum Gasteiger partial charge on any atom is 0.417 e. The van der Waals surface area contributed by atoms with Gasteiger partial charge in [0, 0.05) is 32.1 Å². The van der Waals surface area contributed by atoms with Crippen LogP contribution in [0.25, 0.3) is 0 Å². The highest BCUT2D eigenvalue weighted by atomic mass is 35.5. The predicted octanol–water partition coefficient (Wildman–Crippen LogP) is 4.02. The van der Waals surface area contributed by atoms with E-state index in [0.717, 1.165) is 42.4 Å². The minimum Gasteiger partial charge on any atom is -0.342 e. The van der Waals surface area contributed by atoms with Crippen molar-refractivity contribution in [3.05, 3.63) is 28.8 Å². The number of halogens is 4. The molecule has 162 valence electrons. The number of hydrogen-bond donors (Lipinski definition) is 0. The normalized spacial score (nSPS) is 22.7. The number of likely N-dealkylation sites (tertiary alicyclic amines) is 1. The van der Waals surface area contributed by atoms with E-state index in [2.05, 4.69) is 6.92 Å². The molecule has 0 bridgehead atoms. The molecule has 0 N–H and O–H groups in total. The number of rotatable bonds is 3. The molecule has 1 amide bonds. The van der Waals surface area contributed by atoms with E-state index in [1.54, 1.807) is 0 Å². The van der Waals surface area contributed by atoms with E-state index < -0.39 is 31.7 Å². The van der Waals surface area contributed by atoms with Gasteiger partial charge in [-0.05, 0) is 49.8 Å². The van der Waals surface area contributed by atoms with E-state index in [4.69, 9.17) is 11.6 Å². The first-order valence-electron chi connectivity index (χ1n) is 9.66. The van der Waals surface area contributed by atoms with Gasteiger partial charge < -0.3 is 4.90 Å². The van der Waals surface area contributed by atoms with Crippen LogP contribution >= 0.6 is 11.6 Å². The minimum absolute atomic E-state index is 0.0550. The molecule has 2 aliphatic heterocycles. The fourth-order valence-electron chi connectivity index (χ4n) is 4.02. The number of piperidine rings is 2. The van der Waals surface area contributed by atoms with Gasteiger partial charge in [-0.25, -0.2) is 8.42 Å². The second-order valence-electron chi connectivity index (χ2n) is 7.85. The van der Waals surface area contributed by atoms with Crippen LogP contribution < -0.4 is 0 Å². The molecule has 0 spiro atoms. The Balaban J connectivity index is 1.69. The number of carbonyl (C=O) groups excluding carboxylic acids is 1. The Morgan fingerprint density at radius 3 is 2.38 bits per heavy atom. The van der Waals surface area contributed by atoms with E-state index in [1.165, 1.54) is 0 Å². The van der Waals surface area contributed by atoms with Crippen molar-refractivity contribution in [3.8, 4) is 0 Å². The smallest absolute Gasteiger partial charge is 0.342 e. The molecule has 3 rings (SSSR count). The number of hydrogen-bond acceptors (Lipinski definition) is 3. The molecule has 1 atom stereocenters. The third kappa shape index (κ3) is 4.88. The summed E-state index contributed by atoms with van der Waals surface area (Å²) in [6, 6.07) is 2.61. The Morgan fingerprint density at radius 2 is 1.79 bits per heavy atom. The highest BCUT2D eigenvalue weighted by molar-refractivity contribution is 7.89. The summed E-state index contributed by atoms with van der Waals surface area (Å²) in [7, 11) is -4.09. The Labute approximate surface area is 173 Å². The van der Waals surface area contributed by atoms with Crippen molar-refractivity contribution in [1.29, 1.82) is 0 Å². The summed E-state index contributed by atoms with van der Waals surface area (Å²) >= 11 is 5.58. The lowest BCUT2D eigenvalue weighted by Gasteiger charge is -2.36. The van der Waals surface area contributed by atoms with Crippen molar-refractivity contribution in [2.24, 2.45) is 11.8 Å². The summed E-state index contributed by atoms with van der Waals surface area (Å²) in [4.78, 5) is 14.2. The Morgan fingerprint density at radius 1 is 1.14 bits per heavy atom. The van der Waals surface area contributed by atoms with Gasteiger partial charge in [-0.3, -0.25) is 4.79 Å². The average molecular weight is 453 g/mol. The summed E-state index contributed by atoms with van der Waals surface area (Å²) in [5.74, 6) is 0.267. The third-order valence-corrected chi connectivity index (χ3v) is 7.88. The monoisotopic (exact) mass is 452 g/mol. The van der Waals surface area contributed by atoms with Crippen LogP contribution in [0.2, 0.25) is 5.02 Å². The molecule has 2 saturated heterocycles. The molecule has 5 nitrogen and oxygen atoms in total. The Bertz CT molecular complexity index is 868. The molecule has 1 aromatic rings. The molecule has 1 aromatic carbocycles. The van der Waals surface area contributed by atoms with E-state index >= 15 is 0 Å². The van der Waals surface area contributed by atoms with Crippen molar-refractivity contribution in [3.63, 3.8) is 0 Å². The molecule has 2 aliphatic rings. The van der Waals surface area contributed by atoms with Crippen molar-refractivity contribution >= 4 is 27.5 Å². The third-order valence-electron chi connectivity index (χ3n) is 5.65. The van der Waals surface area contributed by atoms with Crippen molar-refractivity contribution in [1.82, 2.24) is 9.21 Å². The molecule has 0 saturated carbocycles. The van der Waals surface area contributed by atoms with E-state index in [0.29, 0.717) is 24.8 Å².